The molecule has 2 fully saturated rings. The highest BCUT2D eigenvalue weighted by atomic mass is 19.4. The number of fused-ring (bicyclic) bond motifs is 1. The van der Waals surface area contributed by atoms with Crippen molar-refractivity contribution < 1.29 is 50.2 Å². The number of alkyl halides is 6. The number of nitrogens with zero attached hydrogens (tertiary/aromatic N) is 1. The van der Waals surface area contributed by atoms with Gasteiger partial charge in [0.2, 0.25) is 5.91 Å². The van der Waals surface area contributed by atoms with Crippen molar-refractivity contribution in [2.75, 3.05) is 6.54 Å². The second-order valence-electron chi connectivity index (χ2n) is 9.95. The molecule has 0 aromatic heterocycles. The van der Waals surface area contributed by atoms with E-state index in [1.54, 1.807) is 0 Å². The smallest absolute Gasteiger partial charge is 0.416 e. The summed E-state index contributed by atoms with van der Waals surface area (Å²) in [7, 11) is 0. The van der Waals surface area contributed by atoms with E-state index in [0.29, 0.717) is 17.7 Å². The van der Waals surface area contributed by atoms with Crippen LogP contribution in [0.2, 0.25) is 0 Å². The van der Waals surface area contributed by atoms with Gasteiger partial charge < -0.3 is 14.7 Å². The first-order valence-electron chi connectivity index (χ1n) is 11.8. The van der Waals surface area contributed by atoms with Crippen molar-refractivity contribution in [1.29, 1.82) is 0 Å². The van der Waals surface area contributed by atoms with E-state index < -0.39 is 64.8 Å². The van der Waals surface area contributed by atoms with Crippen LogP contribution in [0.5, 0.6) is 0 Å². The quantitative estimate of drug-likeness (QED) is 0.454. The molecule has 5 atom stereocenters. The molecule has 206 valence electrons. The van der Waals surface area contributed by atoms with Gasteiger partial charge in [0, 0.05) is 18.9 Å². The molecule has 2 aliphatic heterocycles. The molecular formula is C26H24F7NO4. The molecule has 5 nitrogen and oxygen atoms in total. The first-order valence-corrected chi connectivity index (χ1v) is 11.8. The van der Waals surface area contributed by atoms with Gasteiger partial charge in [0.25, 0.3) is 0 Å². The third kappa shape index (κ3) is 5.10. The lowest BCUT2D eigenvalue weighted by molar-refractivity contribution is -0.160. The number of benzene rings is 2. The van der Waals surface area contributed by atoms with Gasteiger partial charge in [-0.1, -0.05) is 12.1 Å². The molecule has 0 spiro atoms. The second kappa shape index (κ2) is 9.55. The summed E-state index contributed by atoms with van der Waals surface area (Å²) in [5, 5.41) is 10.0. The van der Waals surface area contributed by atoms with Gasteiger partial charge >= 0.3 is 18.3 Å². The Morgan fingerprint density at radius 2 is 1.61 bits per heavy atom. The Morgan fingerprint density at radius 3 is 2.11 bits per heavy atom. The molecule has 38 heavy (non-hydrogen) atoms. The third-order valence-electron chi connectivity index (χ3n) is 7.49. The monoisotopic (exact) mass is 547 g/mol. The maximum absolute atomic E-state index is 13.7. The van der Waals surface area contributed by atoms with Gasteiger partial charge in [-0.15, -0.1) is 0 Å². The van der Waals surface area contributed by atoms with E-state index in [9.17, 15) is 45.4 Å². The largest absolute Gasteiger partial charge is 0.481 e. The summed E-state index contributed by atoms with van der Waals surface area (Å²) < 4.78 is 100. The van der Waals surface area contributed by atoms with Crippen LogP contribution in [0.15, 0.2) is 42.5 Å². The van der Waals surface area contributed by atoms with Crippen molar-refractivity contribution in [3.8, 4) is 0 Å². The van der Waals surface area contributed by atoms with Gasteiger partial charge in [-0.3, -0.25) is 9.59 Å². The van der Waals surface area contributed by atoms with Crippen LogP contribution in [-0.4, -0.2) is 40.6 Å². The highest BCUT2D eigenvalue weighted by Crippen LogP contribution is 2.50. The standard InChI is InChI=1S/C26H24F7NO4/c1-13(15-9-16(25(28,29)30)11-17(10-15)26(31,32)33)38-19-12-34-20(35)7-8-24(2,23(36)37)22(34)21(19)14-3-5-18(27)6-4-14/h3-6,9-11,13,19,21-22H,7-8,12H2,1-2H3,(H,36,37)/t13-,19+,21?,22?,24?/m1/s1. The van der Waals surface area contributed by atoms with Crippen LogP contribution in [0.3, 0.4) is 0 Å². The normalized spacial score (nSPS) is 26.8. The van der Waals surface area contributed by atoms with E-state index in [-0.39, 0.29) is 36.9 Å². The number of carboxylic acids is 1. The number of carbonyl (C=O) groups excluding carboxylic acids is 1. The molecule has 0 radical (unpaired) electrons. The Hall–Kier alpha value is -3.15. The average molecular weight is 547 g/mol. The van der Waals surface area contributed by atoms with E-state index >= 15 is 0 Å². The Kier molecular flexibility index (Phi) is 7.00. The lowest BCUT2D eigenvalue weighted by Gasteiger charge is -2.44. The molecule has 12 heteroatoms. The van der Waals surface area contributed by atoms with Gasteiger partial charge in [-0.25, -0.2) is 4.39 Å². The summed E-state index contributed by atoms with van der Waals surface area (Å²) in [5.41, 5.74) is -4.37. The van der Waals surface area contributed by atoms with Crippen LogP contribution >= 0.6 is 0 Å². The zero-order chi connectivity index (χ0) is 28.2. The molecule has 1 N–H and O–H groups in total. The van der Waals surface area contributed by atoms with E-state index in [1.165, 1.54) is 30.9 Å². The minimum Gasteiger partial charge on any atom is -0.481 e. The number of hydrogen-bond acceptors (Lipinski definition) is 3. The highest BCUT2D eigenvalue weighted by molar-refractivity contribution is 5.84. The van der Waals surface area contributed by atoms with Gasteiger partial charge in [-0.05, 0) is 61.7 Å². The number of carboxylic acid groups (broad SMARTS) is 1. The Morgan fingerprint density at radius 1 is 1.05 bits per heavy atom. The van der Waals surface area contributed by atoms with Crippen LogP contribution in [0.1, 0.15) is 61.0 Å². The number of hydrogen-bond donors (Lipinski definition) is 1. The SMILES string of the molecule is C[C@@H](O[C@H]1CN2C(=O)CCC(C)(C(=O)O)C2C1c1ccc(F)cc1)c1cc(C(F)(F)F)cc(C(F)(F)F)c1. The minimum atomic E-state index is -5.05. The number of aliphatic carboxylic acids is 1. The van der Waals surface area contributed by atoms with E-state index in [1.807, 2.05) is 0 Å². The fourth-order valence-electron chi connectivity index (χ4n) is 5.47. The summed E-state index contributed by atoms with van der Waals surface area (Å²) in [4.78, 5) is 26.5. The molecule has 2 aliphatic rings. The second-order valence-corrected chi connectivity index (χ2v) is 9.95. The Bertz CT molecular complexity index is 1200. The Balaban J connectivity index is 1.76. The zero-order valence-corrected chi connectivity index (χ0v) is 20.2. The first-order chi connectivity index (χ1) is 17.5. The van der Waals surface area contributed by atoms with Crippen LogP contribution in [-0.2, 0) is 26.7 Å². The number of rotatable bonds is 5. The van der Waals surface area contributed by atoms with Crippen molar-refractivity contribution in [2.24, 2.45) is 5.41 Å². The molecule has 0 aliphatic carbocycles. The van der Waals surface area contributed by atoms with Gasteiger partial charge in [0.15, 0.2) is 0 Å². The summed E-state index contributed by atoms with van der Waals surface area (Å²) in [6, 6.07) is 5.31. The summed E-state index contributed by atoms with van der Waals surface area (Å²) in [5.74, 6) is -2.93. The summed E-state index contributed by atoms with van der Waals surface area (Å²) in [6.07, 6.45) is -12.4. The fourth-order valence-corrected chi connectivity index (χ4v) is 5.47. The topological polar surface area (TPSA) is 66.8 Å². The highest BCUT2D eigenvalue weighted by Gasteiger charge is 2.59. The average Bonchev–Trinajstić information content (AvgIpc) is 3.21. The van der Waals surface area contributed by atoms with Crippen molar-refractivity contribution in [2.45, 2.75) is 63.2 Å². The van der Waals surface area contributed by atoms with Crippen LogP contribution in [0, 0.1) is 11.2 Å². The number of amides is 1. The number of piperidine rings is 1. The zero-order valence-electron chi connectivity index (χ0n) is 20.2. The summed E-state index contributed by atoms with van der Waals surface area (Å²) in [6.45, 7) is 2.63. The summed E-state index contributed by atoms with van der Waals surface area (Å²) >= 11 is 0. The van der Waals surface area contributed by atoms with Crippen molar-refractivity contribution in [1.82, 2.24) is 4.90 Å². The fraction of sp³-hybridized carbons (Fsp3) is 0.462. The molecule has 2 heterocycles. The number of ether oxygens (including phenoxy) is 1. The van der Waals surface area contributed by atoms with Crippen molar-refractivity contribution in [3.63, 3.8) is 0 Å². The third-order valence-corrected chi connectivity index (χ3v) is 7.49. The number of carbonyl (C=O) groups is 2. The molecule has 3 unspecified atom stereocenters. The van der Waals surface area contributed by atoms with Crippen LogP contribution in [0.4, 0.5) is 30.7 Å². The first kappa shape index (κ1) is 27.9. The molecule has 1 amide bonds. The molecular weight excluding hydrogens is 523 g/mol. The van der Waals surface area contributed by atoms with E-state index in [0.717, 1.165) is 12.1 Å². The molecule has 2 aromatic rings. The van der Waals surface area contributed by atoms with Gasteiger partial charge in [-0.2, -0.15) is 26.3 Å². The maximum Gasteiger partial charge on any atom is 0.416 e. The Labute approximate surface area is 213 Å². The molecule has 2 aromatic carbocycles. The van der Waals surface area contributed by atoms with E-state index in [4.69, 9.17) is 4.74 Å². The lowest BCUT2D eigenvalue weighted by atomic mass is 9.69. The molecule has 4 rings (SSSR count). The maximum atomic E-state index is 13.7. The number of halogens is 7. The molecule has 0 saturated carbocycles. The van der Waals surface area contributed by atoms with Gasteiger partial charge in [0.1, 0.15) is 5.82 Å². The van der Waals surface area contributed by atoms with E-state index in [2.05, 4.69) is 0 Å². The molecule has 0 bridgehead atoms. The van der Waals surface area contributed by atoms with Crippen LogP contribution < -0.4 is 0 Å². The lowest BCUT2D eigenvalue weighted by Crippen LogP contribution is -2.55. The van der Waals surface area contributed by atoms with Gasteiger partial charge in [0.05, 0.1) is 34.8 Å². The minimum absolute atomic E-state index is 0.0182. The predicted octanol–water partition coefficient (Wildman–Crippen LogP) is 6.19. The predicted molar refractivity (Wildman–Crippen MR) is 119 cm³/mol. The van der Waals surface area contributed by atoms with Crippen LogP contribution in [0.25, 0.3) is 0 Å². The van der Waals surface area contributed by atoms with Crippen molar-refractivity contribution in [3.05, 3.63) is 70.5 Å². The molecule has 2 saturated heterocycles. The van der Waals surface area contributed by atoms with Crippen molar-refractivity contribution >= 4 is 11.9 Å².